The topological polar surface area (TPSA) is 91.3 Å². The van der Waals surface area contributed by atoms with E-state index in [1.807, 2.05) is 6.92 Å². The molecule has 2 fully saturated rings. The van der Waals surface area contributed by atoms with E-state index in [0.717, 1.165) is 31.2 Å². The van der Waals surface area contributed by atoms with Gasteiger partial charge in [-0.3, -0.25) is 0 Å². The molecule has 2 saturated heterocycles. The molecule has 0 aliphatic carbocycles. The second-order valence-corrected chi connectivity index (χ2v) is 11.1. The summed E-state index contributed by atoms with van der Waals surface area (Å²) in [6, 6.07) is 6.37. The molecule has 0 aromatic heterocycles. The van der Waals surface area contributed by atoms with Crippen molar-refractivity contribution in [3.8, 4) is 0 Å². The van der Waals surface area contributed by atoms with Crippen LogP contribution in [0.15, 0.2) is 29.2 Å². The Labute approximate surface area is 179 Å². The molecule has 170 valence electrons. The Morgan fingerprint density at radius 1 is 1.10 bits per heavy atom. The number of hydrogen-bond acceptors (Lipinski definition) is 7. The van der Waals surface area contributed by atoms with Gasteiger partial charge in [-0.25, -0.2) is 8.42 Å². The van der Waals surface area contributed by atoms with E-state index < -0.39 is 45.2 Å². The number of aryl methyl sites for hydroxylation is 1. The Kier molecular flexibility index (Phi) is 6.96. The molecule has 3 rings (SSSR count). The number of aliphatic hydroxyl groups is 1. The maximum absolute atomic E-state index is 13.3. The highest BCUT2D eigenvalue weighted by Gasteiger charge is 2.63. The van der Waals surface area contributed by atoms with Gasteiger partial charge < -0.3 is 24.1 Å². The summed E-state index contributed by atoms with van der Waals surface area (Å²) in [6.07, 6.45) is 0.824. The van der Waals surface area contributed by atoms with E-state index in [-0.39, 0.29) is 4.90 Å². The van der Waals surface area contributed by atoms with Gasteiger partial charge in [-0.15, -0.1) is 0 Å². The summed E-state index contributed by atoms with van der Waals surface area (Å²) < 4.78 is 50.2. The highest BCUT2D eigenvalue weighted by atomic mass is 32.2. The number of fused-ring (bicyclic) bond motifs is 1. The molecule has 1 N–H and O–H groups in total. The van der Waals surface area contributed by atoms with Crippen LogP contribution >= 0.6 is 0 Å². The average molecular weight is 443 g/mol. The molecule has 2 aliphatic rings. The maximum atomic E-state index is 13.3. The molecule has 0 spiro atoms. The third-order valence-electron chi connectivity index (χ3n) is 5.69. The lowest BCUT2D eigenvalue weighted by atomic mass is 10.1. The number of benzene rings is 1. The van der Waals surface area contributed by atoms with E-state index in [4.69, 9.17) is 18.9 Å². The summed E-state index contributed by atoms with van der Waals surface area (Å²) in [7, 11) is -4.13. The summed E-state index contributed by atoms with van der Waals surface area (Å²) in [5, 5.41) is 11.2. The number of unbranched alkanes of at least 4 members (excludes halogenated alkanes) is 3. The van der Waals surface area contributed by atoms with Crippen LogP contribution < -0.4 is 0 Å². The lowest BCUT2D eigenvalue weighted by Crippen LogP contribution is -2.52. The smallest absolute Gasteiger partial charge is 0.210 e. The molecule has 0 unspecified atom stereocenters. The summed E-state index contributed by atoms with van der Waals surface area (Å²) in [6.45, 7) is 9.24. The zero-order valence-electron chi connectivity index (χ0n) is 18.5. The lowest BCUT2D eigenvalue weighted by molar-refractivity contribution is -0.245. The third kappa shape index (κ3) is 4.59. The molecular formula is C22H34O7S. The number of ether oxygens (including phenoxy) is 4. The standard InChI is InChI=1S/C22H34O7S/c1-6-7-8-9-14-26-20-18-17(28-21(3,4)29-18)19(27-20)22(5,23)30(24,25)16-12-10-15(2)11-13-16/h10-13,17-20,23H,6-9,14H2,1-5H3/t17-,18+,19+,20+,22+/m1/s1. The van der Waals surface area contributed by atoms with Gasteiger partial charge >= 0.3 is 0 Å². The predicted molar refractivity (Wildman–Crippen MR) is 112 cm³/mol. The van der Waals surface area contributed by atoms with Gasteiger partial charge in [-0.1, -0.05) is 43.9 Å². The number of rotatable bonds is 9. The summed E-state index contributed by atoms with van der Waals surface area (Å²) in [5.74, 6) is -0.926. The van der Waals surface area contributed by atoms with E-state index in [1.54, 1.807) is 26.0 Å². The summed E-state index contributed by atoms with van der Waals surface area (Å²) in [5.41, 5.74) is 0.927. The van der Waals surface area contributed by atoms with Crippen LogP contribution in [0.2, 0.25) is 0 Å². The van der Waals surface area contributed by atoms with Crippen LogP contribution in [-0.2, 0) is 28.8 Å². The fourth-order valence-electron chi connectivity index (χ4n) is 3.96. The Bertz CT molecular complexity index is 816. The molecule has 1 aromatic rings. The van der Waals surface area contributed by atoms with Gasteiger partial charge in [0.25, 0.3) is 0 Å². The van der Waals surface area contributed by atoms with E-state index in [2.05, 4.69) is 6.92 Å². The molecule has 2 aliphatic heterocycles. The van der Waals surface area contributed by atoms with Crippen molar-refractivity contribution in [3.63, 3.8) is 0 Å². The second-order valence-electron chi connectivity index (χ2n) is 8.79. The van der Waals surface area contributed by atoms with E-state index in [1.165, 1.54) is 19.1 Å². The minimum absolute atomic E-state index is 0.0281. The van der Waals surface area contributed by atoms with Crippen LogP contribution in [0.1, 0.15) is 58.9 Å². The Balaban J connectivity index is 1.81. The number of hydrogen-bond donors (Lipinski definition) is 1. The van der Waals surface area contributed by atoms with Crippen molar-refractivity contribution in [3.05, 3.63) is 29.8 Å². The molecule has 0 saturated carbocycles. The SMILES string of the molecule is CCCCCCO[C@H]1O[C@H]([C@@](C)(O)S(=O)(=O)c2ccc(C)cc2)[C@@H]2OC(C)(C)O[C@H]12. The molecule has 0 amide bonds. The number of sulfone groups is 1. The highest BCUT2D eigenvalue weighted by Crippen LogP contribution is 2.44. The van der Waals surface area contributed by atoms with E-state index in [0.29, 0.717) is 6.61 Å². The zero-order valence-corrected chi connectivity index (χ0v) is 19.3. The van der Waals surface area contributed by atoms with Crippen molar-refractivity contribution < 1.29 is 32.5 Å². The third-order valence-corrected chi connectivity index (χ3v) is 7.91. The van der Waals surface area contributed by atoms with Gasteiger partial charge in [-0.05, 0) is 46.2 Å². The first kappa shape index (κ1) is 23.6. The zero-order chi connectivity index (χ0) is 22.2. The molecule has 8 heteroatoms. The van der Waals surface area contributed by atoms with Crippen LogP contribution in [0.5, 0.6) is 0 Å². The minimum Gasteiger partial charge on any atom is -0.372 e. The Hall–Kier alpha value is -1.03. The molecular weight excluding hydrogens is 408 g/mol. The van der Waals surface area contributed by atoms with Crippen LogP contribution in [0.4, 0.5) is 0 Å². The van der Waals surface area contributed by atoms with Gasteiger partial charge in [0.1, 0.15) is 18.3 Å². The van der Waals surface area contributed by atoms with Crippen LogP contribution in [0.3, 0.4) is 0 Å². The molecule has 0 bridgehead atoms. The van der Waals surface area contributed by atoms with Crippen molar-refractivity contribution >= 4 is 9.84 Å². The molecule has 0 radical (unpaired) electrons. The maximum Gasteiger partial charge on any atom is 0.210 e. The largest absolute Gasteiger partial charge is 0.372 e. The molecule has 5 atom stereocenters. The molecule has 2 heterocycles. The molecule has 30 heavy (non-hydrogen) atoms. The quantitative estimate of drug-likeness (QED) is 0.587. The molecule has 1 aromatic carbocycles. The van der Waals surface area contributed by atoms with Gasteiger partial charge in [-0.2, -0.15) is 0 Å². The fourth-order valence-corrected chi connectivity index (χ4v) is 5.43. The minimum atomic E-state index is -4.13. The van der Waals surface area contributed by atoms with Crippen LogP contribution in [0, 0.1) is 6.92 Å². The average Bonchev–Trinajstić information content (AvgIpc) is 3.15. The monoisotopic (exact) mass is 442 g/mol. The van der Waals surface area contributed by atoms with Gasteiger partial charge in [0.2, 0.25) is 9.84 Å². The summed E-state index contributed by atoms with van der Waals surface area (Å²) in [4.78, 5) is -2.20. The van der Waals surface area contributed by atoms with Gasteiger partial charge in [0.05, 0.1) is 4.90 Å². The van der Waals surface area contributed by atoms with Crippen molar-refractivity contribution in [2.75, 3.05) is 6.61 Å². The normalized spacial score (nSPS) is 30.2. The summed E-state index contributed by atoms with van der Waals surface area (Å²) >= 11 is 0. The first-order valence-electron chi connectivity index (χ1n) is 10.7. The second kappa shape index (κ2) is 8.84. The predicted octanol–water partition coefficient (Wildman–Crippen LogP) is 3.32. The van der Waals surface area contributed by atoms with Crippen molar-refractivity contribution in [2.45, 2.75) is 101 Å². The lowest BCUT2D eigenvalue weighted by Gasteiger charge is -2.33. The van der Waals surface area contributed by atoms with Crippen molar-refractivity contribution in [2.24, 2.45) is 0 Å². The van der Waals surface area contributed by atoms with E-state index >= 15 is 0 Å². The van der Waals surface area contributed by atoms with Crippen LogP contribution in [0.25, 0.3) is 0 Å². The fraction of sp³-hybridized carbons (Fsp3) is 0.727. The first-order chi connectivity index (χ1) is 14.0. The van der Waals surface area contributed by atoms with Gasteiger partial charge in [0.15, 0.2) is 17.0 Å². The highest BCUT2D eigenvalue weighted by molar-refractivity contribution is 7.92. The Morgan fingerprint density at radius 2 is 1.73 bits per heavy atom. The van der Waals surface area contributed by atoms with E-state index in [9.17, 15) is 13.5 Å². The van der Waals surface area contributed by atoms with Gasteiger partial charge in [0, 0.05) is 6.61 Å². The molecule has 7 nitrogen and oxygen atoms in total. The van der Waals surface area contributed by atoms with Crippen LogP contribution in [-0.4, -0.2) is 55.5 Å². The van der Waals surface area contributed by atoms with Crippen molar-refractivity contribution in [1.29, 1.82) is 0 Å². The first-order valence-corrected chi connectivity index (χ1v) is 12.1. The van der Waals surface area contributed by atoms with Crippen molar-refractivity contribution in [1.82, 2.24) is 0 Å². The Morgan fingerprint density at radius 3 is 2.37 bits per heavy atom.